The Morgan fingerprint density at radius 1 is 1.18 bits per heavy atom. The predicted molar refractivity (Wildman–Crippen MR) is 84.0 cm³/mol. The molecule has 6 nitrogen and oxygen atoms in total. The maximum Gasteiger partial charge on any atom is 0.331 e. The first-order chi connectivity index (χ1) is 10.1. The zero-order chi connectivity index (χ0) is 17.1. The van der Waals surface area contributed by atoms with Crippen LogP contribution in [0.2, 0.25) is 0 Å². The fourth-order valence-electron chi connectivity index (χ4n) is 2.73. The largest absolute Gasteiger partial charge is 0.467 e. The highest BCUT2D eigenvalue weighted by molar-refractivity contribution is 7.93. The van der Waals surface area contributed by atoms with Crippen molar-refractivity contribution < 1.29 is 22.7 Å². The van der Waals surface area contributed by atoms with Gasteiger partial charge in [-0.05, 0) is 52.4 Å². The summed E-state index contributed by atoms with van der Waals surface area (Å²) >= 11 is 0. The van der Waals surface area contributed by atoms with Gasteiger partial charge in [-0.1, -0.05) is 6.92 Å². The molecule has 0 aromatic rings. The molecule has 0 aromatic heterocycles. The summed E-state index contributed by atoms with van der Waals surface area (Å²) in [4.78, 5) is 24.5. The third-order valence-electron chi connectivity index (χ3n) is 4.59. The summed E-state index contributed by atoms with van der Waals surface area (Å²) in [6, 6.07) is 0. The summed E-state index contributed by atoms with van der Waals surface area (Å²) in [6.07, 6.45) is 2.53. The van der Waals surface area contributed by atoms with Crippen molar-refractivity contribution in [3.63, 3.8) is 0 Å². The van der Waals surface area contributed by atoms with Gasteiger partial charge in [0.05, 0.1) is 12.4 Å². The molecule has 0 unspecified atom stereocenters. The molecule has 1 atom stereocenters. The van der Waals surface area contributed by atoms with E-state index in [1.165, 1.54) is 27.9 Å². The van der Waals surface area contributed by atoms with Gasteiger partial charge in [-0.3, -0.25) is 4.79 Å². The summed E-state index contributed by atoms with van der Waals surface area (Å²) in [7, 11) is -2.28. The number of sulfone groups is 1. The normalized spacial score (nSPS) is 27.3. The number of hydrogen-bond donors (Lipinski definition) is 1. The van der Waals surface area contributed by atoms with Crippen molar-refractivity contribution in [3.05, 3.63) is 0 Å². The number of carbonyl (C=O) groups is 2. The Balaban J connectivity index is 2.96. The van der Waals surface area contributed by atoms with Gasteiger partial charge in [0.2, 0.25) is 5.91 Å². The van der Waals surface area contributed by atoms with Gasteiger partial charge in [-0.15, -0.1) is 0 Å². The van der Waals surface area contributed by atoms with Crippen LogP contribution in [0.4, 0.5) is 0 Å². The second-order valence-electron chi connectivity index (χ2n) is 6.53. The lowest BCUT2D eigenvalue weighted by Gasteiger charge is -2.38. The number of nitrogens with one attached hydrogen (secondary N) is 1. The predicted octanol–water partition coefficient (Wildman–Crippen LogP) is 1.44. The molecular formula is C15H27NO5S. The molecule has 0 aliphatic heterocycles. The Kier molecular flexibility index (Phi) is 6.01. The molecule has 1 fully saturated rings. The molecule has 1 aliphatic carbocycles. The van der Waals surface area contributed by atoms with Gasteiger partial charge in [0.15, 0.2) is 9.84 Å². The van der Waals surface area contributed by atoms with Gasteiger partial charge in [0, 0.05) is 0 Å². The minimum Gasteiger partial charge on any atom is -0.467 e. The van der Waals surface area contributed by atoms with Crippen molar-refractivity contribution in [2.75, 3.05) is 7.11 Å². The third-order valence-corrected chi connectivity index (χ3v) is 7.10. The van der Waals surface area contributed by atoms with Crippen molar-refractivity contribution in [2.24, 2.45) is 5.92 Å². The molecule has 0 radical (unpaired) electrons. The van der Waals surface area contributed by atoms with Gasteiger partial charge in [0.25, 0.3) is 0 Å². The number of methoxy groups -OCH3 is 1. The highest BCUT2D eigenvalue weighted by Crippen LogP contribution is 2.33. The average Bonchev–Trinajstić information content (AvgIpc) is 2.47. The van der Waals surface area contributed by atoms with E-state index in [9.17, 15) is 18.0 Å². The lowest BCUT2D eigenvalue weighted by molar-refractivity contribution is -0.153. The number of rotatable bonds is 5. The number of carbonyl (C=O) groups excluding carboxylic acids is 2. The highest BCUT2D eigenvalue weighted by atomic mass is 32.2. The monoisotopic (exact) mass is 333 g/mol. The van der Waals surface area contributed by atoms with E-state index in [1.54, 1.807) is 0 Å². The molecular weight excluding hydrogens is 306 g/mol. The third kappa shape index (κ3) is 3.80. The van der Waals surface area contributed by atoms with Crippen LogP contribution in [0.15, 0.2) is 0 Å². The summed E-state index contributed by atoms with van der Waals surface area (Å²) in [5.41, 5.74) is -1.10. The van der Waals surface area contributed by atoms with E-state index in [4.69, 9.17) is 4.74 Å². The maximum absolute atomic E-state index is 12.4. The van der Waals surface area contributed by atoms with E-state index >= 15 is 0 Å². The second kappa shape index (κ2) is 6.98. The Hall–Kier alpha value is -1.11. The van der Waals surface area contributed by atoms with Crippen LogP contribution in [-0.4, -0.2) is 43.4 Å². The molecule has 7 heteroatoms. The van der Waals surface area contributed by atoms with Crippen molar-refractivity contribution in [2.45, 2.75) is 69.4 Å². The minimum atomic E-state index is -3.56. The zero-order valence-electron chi connectivity index (χ0n) is 14.0. The van der Waals surface area contributed by atoms with Crippen LogP contribution in [0.1, 0.15) is 53.4 Å². The minimum absolute atomic E-state index is 0.473. The Morgan fingerprint density at radius 3 is 2.09 bits per heavy atom. The van der Waals surface area contributed by atoms with E-state index in [0.717, 1.165) is 12.8 Å². The molecule has 1 aliphatic rings. The quantitative estimate of drug-likeness (QED) is 0.769. The Morgan fingerprint density at radius 2 is 1.68 bits per heavy atom. The molecule has 1 amide bonds. The second-order valence-corrected chi connectivity index (χ2v) is 9.35. The van der Waals surface area contributed by atoms with Crippen LogP contribution in [-0.2, 0) is 24.2 Å². The summed E-state index contributed by atoms with van der Waals surface area (Å²) < 4.78 is 29.1. The first-order valence-corrected chi connectivity index (χ1v) is 9.31. The highest BCUT2D eigenvalue weighted by Gasteiger charge is 2.45. The van der Waals surface area contributed by atoms with Crippen LogP contribution < -0.4 is 5.32 Å². The summed E-state index contributed by atoms with van der Waals surface area (Å²) in [5, 5.41) is 0.840. The van der Waals surface area contributed by atoms with Crippen LogP contribution in [0.5, 0.6) is 0 Å². The standard InChI is InChI=1S/C15H27NO5S/c1-10(2)22(19,20)12(4)13(17)16-15(14(18)21-5)8-6-11(3)7-9-15/h10-12H,6-9H2,1-5H3,(H,16,17)/t11?,12-,15?/m1/s1. The van der Waals surface area contributed by atoms with Gasteiger partial charge in [0.1, 0.15) is 10.8 Å². The smallest absolute Gasteiger partial charge is 0.331 e. The lowest BCUT2D eigenvalue weighted by Crippen LogP contribution is -2.59. The average molecular weight is 333 g/mol. The number of amides is 1. The molecule has 0 aromatic carbocycles. The van der Waals surface area contributed by atoms with E-state index in [2.05, 4.69) is 12.2 Å². The van der Waals surface area contributed by atoms with Crippen molar-refractivity contribution in [1.82, 2.24) is 5.32 Å². The molecule has 0 heterocycles. The Labute approximate surface area is 132 Å². The van der Waals surface area contributed by atoms with E-state index < -0.39 is 37.8 Å². The zero-order valence-corrected chi connectivity index (χ0v) is 14.8. The fourth-order valence-corrected chi connectivity index (χ4v) is 3.90. The van der Waals surface area contributed by atoms with Gasteiger partial charge in [-0.2, -0.15) is 0 Å². The van der Waals surface area contributed by atoms with E-state index in [-0.39, 0.29) is 0 Å². The molecule has 0 bridgehead atoms. The SMILES string of the molecule is COC(=O)C1(NC(=O)[C@@H](C)S(=O)(=O)C(C)C)CCC(C)CC1. The first-order valence-electron chi connectivity index (χ1n) is 7.70. The first kappa shape index (κ1) is 18.9. The van der Waals surface area contributed by atoms with Gasteiger partial charge < -0.3 is 10.1 Å². The molecule has 0 spiro atoms. The van der Waals surface area contributed by atoms with Crippen LogP contribution in [0.3, 0.4) is 0 Å². The Bertz CT molecular complexity index is 518. The molecule has 1 saturated carbocycles. The van der Waals surface area contributed by atoms with Crippen molar-refractivity contribution in [3.8, 4) is 0 Å². The number of hydrogen-bond acceptors (Lipinski definition) is 5. The molecule has 0 saturated heterocycles. The van der Waals surface area contributed by atoms with Crippen LogP contribution in [0, 0.1) is 5.92 Å². The van der Waals surface area contributed by atoms with E-state index in [0.29, 0.717) is 18.8 Å². The molecule has 1 rings (SSSR count). The fraction of sp³-hybridized carbons (Fsp3) is 0.867. The number of esters is 1. The summed E-state index contributed by atoms with van der Waals surface area (Å²) in [5.74, 6) is -0.651. The lowest BCUT2D eigenvalue weighted by atomic mass is 9.77. The van der Waals surface area contributed by atoms with Crippen LogP contribution in [0.25, 0.3) is 0 Å². The molecule has 22 heavy (non-hydrogen) atoms. The van der Waals surface area contributed by atoms with Gasteiger partial charge >= 0.3 is 5.97 Å². The molecule has 128 valence electrons. The van der Waals surface area contributed by atoms with Crippen molar-refractivity contribution >= 4 is 21.7 Å². The van der Waals surface area contributed by atoms with E-state index in [1.807, 2.05) is 0 Å². The van der Waals surface area contributed by atoms with Crippen LogP contribution >= 0.6 is 0 Å². The number of ether oxygens (including phenoxy) is 1. The van der Waals surface area contributed by atoms with Crippen molar-refractivity contribution in [1.29, 1.82) is 0 Å². The van der Waals surface area contributed by atoms with Gasteiger partial charge in [-0.25, -0.2) is 13.2 Å². The maximum atomic E-state index is 12.4. The topological polar surface area (TPSA) is 89.5 Å². The molecule has 1 N–H and O–H groups in total. The summed E-state index contributed by atoms with van der Waals surface area (Å²) in [6.45, 7) is 6.53.